The van der Waals surface area contributed by atoms with Gasteiger partial charge in [0.15, 0.2) is 0 Å². The molecule has 0 amide bonds. The van der Waals surface area contributed by atoms with Crippen LogP contribution in [0.2, 0.25) is 0 Å². The van der Waals surface area contributed by atoms with Gasteiger partial charge in [0.25, 0.3) is 0 Å². The molecule has 9 aromatic rings. The van der Waals surface area contributed by atoms with E-state index in [-0.39, 0.29) is 0 Å². The number of anilines is 3. The van der Waals surface area contributed by atoms with Crippen LogP contribution in [-0.4, -0.2) is 0 Å². The number of hydrogen-bond donors (Lipinski definition) is 0. The average Bonchev–Trinajstić information content (AvgIpc) is 3.25. The minimum Gasteiger partial charge on any atom is -0.310 e. The molecular formula is C52H37N. The smallest absolute Gasteiger partial charge is 0.0540 e. The van der Waals surface area contributed by atoms with Gasteiger partial charge in [0, 0.05) is 16.9 Å². The van der Waals surface area contributed by atoms with E-state index in [2.05, 4.69) is 229 Å². The summed E-state index contributed by atoms with van der Waals surface area (Å²) in [4.78, 5) is 2.41. The highest BCUT2D eigenvalue weighted by molar-refractivity contribution is 5.95. The van der Waals surface area contributed by atoms with Gasteiger partial charge in [0.05, 0.1) is 5.69 Å². The lowest BCUT2D eigenvalue weighted by Gasteiger charge is -2.29. The van der Waals surface area contributed by atoms with Crippen LogP contribution < -0.4 is 4.90 Å². The fourth-order valence-electron chi connectivity index (χ4n) is 7.39. The summed E-state index contributed by atoms with van der Waals surface area (Å²) in [6, 6.07) is 80.8. The minimum absolute atomic E-state index is 1.09. The Morgan fingerprint density at radius 1 is 0.226 bits per heavy atom. The molecule has 0 fully saturated rings. The fourth-order valence-corrected chi connectivity index (χ4v) is 7.39. The van der Waals surface area contributed by atoms with Crippen LogP contribution in [0.1, 0.15) is 0 Å². The van der Waals surface area contributed by atoms with Crippen LogP contribution in [0.4, 0.5) is 17.1 Å². The molecule has 0 N–H and O–H groups in total. The number of nitrogens with zero attached hydrogens (tertiary/aromatic N) is 1. The fraction of sp³-hybridized carbons (Fsp3) is 0. The summed E-state index contributed by atoms with van der Waals surface area (Å²) in [7, 11) is 0. The number of rotatable bonds is 8. The third-order valence-corrected chi connectivity index (χ3v) is 10.1. The molecule has 0 aliphatic carbocycles. The Labute approximate surface area is 311 Å². The Morgan fingerprint density at radius 2 is 0.698 bits per heavy atom. The molecule has 0 bridgehead atoms. The highest BCUT2D eigenvalue weighted by Crippen LogP contribution is 2.44. The number of fused-ring (bicyclic) bond motifs is 1. The molecule has 0 spiro atoms. The molecule has 0 aromatic heterocycles. The molecule has 0 aliphatic rings. The van der Waals surface area contributed by atoms with Gasteiger partial charge in [-0.05, 0) is 97.2 Å². The van der Waals surface area contributed by atoms with Crippen LogP contribution in [0.25, 0.3) is 66.4 Å². The maximum atomic E-state index is 2.41. The third-order valence-electron chi connectivity index (χ3n) is 10.1. The molecule has 0 saturated carbocycles. The van der Waals surface area contributed by atoms with Gasteiger partial charge >= 0.3 is 0 Å². The van der Waals surface area contributed by atoms with Crippen molar-refractivity contribution in [3.05, 3.63) is 224 Å². The van der Waals surface area contributed by atoms with Crippen LogP contribution in [0.5, 0.6) is 0 Å². The second-order valence-corrected chi connectivity index (χ2v) is 13.4. The summed E-state index contributed by atoms with van der Waals surface area (Å²) in [5.41, 5.74) is 15.3. The Balaban J connectivity index is 1.16. The van der Waals surface area contributed by atoms with Gasteiger partial charge in [-0.1, -0.05) is 188 Å². The molecule has 0 radical (unpaired) electrons. The predicted octanol–water partition coefficient (Wildman–Crippen LogP) is 14.6. The van der Waals surface area contributed by atoms with Gasteiger partial charge in [-0.15, -0.1) is 0 Å². The van der Waals surface area contributed by atoms with E-state index in [0.29, 0.717) is 0 Å². The topological polar surface area (TPSA) is 3.24 Å². The Kier molecular flexibility index (Phi) is 8.66. The molecular weight excluding hydrogens is 639 g/mol. The monoisotopic (exact) mass is 675 g/mol. The van der Waals surface area contributed by atoms with Crippen molar-refractivity contribution in [3.8, 4) is 55.6 Å². The van der Waals surface area contributed by atoms with Gasteiger partial charge in [-0.25, -0.2) is 0 Å². The van der Waals surface area contributed by atoms with Crippen molar-refractivity contribution >= 4 is 27.8 Å². The number of benzene rings is 9. The van der Waals surface area contributed by atoms with Crippen molar-refractivity contribution in [1.82, 2.24) is 0 Å². The van der Waals surface area contributed by atoms with E-state index < -0.39 is 0 Å². The second kappa shape index (κ2) is 14.3. The Hall–Kier alpha value is -6.96. The molecule has 250 valence electrons. The maximum absolute atomic E-state index is 2.41. The average molecular weight is 676 g/mol. The van der Waals surface area contributed by atoms with Gasteiger partial charge in [-0.2, -0.15) is 0 Å². The molecule has 9 rings (SSSR count). The van der Waals surface area contributed by atoms with Crippen molar-refractivity contribution in [2.75, 3.05) is 4.90 Å². The molecule has 1 heteroatoms. The lowest BCUT2D eigenvalue weighted by atomic mass is 9.93. The normalized spacial score (nSPS) is 11.0. The van der Waals surface area contributed by atoms with E-state index in [4.69, 9.17) is 0 Å². The van der Waals surface area contributed by atoms with Crippen LogP contribution in [0.15, 0.2) is 224 Å². The number of hydrogen-bond acceptors (Lipinski definition) is 1. The van der Waals surface area contributed by atoms with Crippen molar-refractivity contribution in [2.24, 2.45) is 0 Å². The second-order valence-electron chi connectivity index (χ2n) is 13.4. The summed E-state index contributed by atoms with van der Waals surface area (Å²) < 4.78 is 0. The van der Waals surface area contributed by atoms with Gasteiger partial charge in [0.2, 0.25) is 0 Å². The summed E-state index contributed by atoms with van der Waals surface area (Å²) >= 11 is 0. The minimum atomic E-state index is 1.09. The Bertz CT molecular complexity index is 2640. The summed E-state index contributed by atoms with van der Waals surface area (Å²) in [6.07, 6.45) is 0. The first-order valence-corrected chi connectivity index (χ1v) is 18.2. The van der Waals surface area contributed by atoms with Crippen LogP contribution in [0, 0.1) is 0 Å². The van der Waals surface area contributed by atoms with E-state index in [9.17, 15) is 0 Å². The standard InChI is InChI=1S/C52H37N/c1-3-14-38(15-4-1)40-26-28-41(29-27-40)42-32-34-47(35-33-42)53(48-21-13-20-45(37-48)46-31-30-39-16-7-8-19-44(39)36-46)52-25-12-11-24-51(52)50-23-10-9-22-49(50)43-17-5-2-6-18-43/h1-37H. The quantitative estimate of drug-likeness (QED) is 0.155. The zero-order valence-corrected chi connectivity index (χ0v) is 29.3. The highest BCUT2D eigenvalue weighted by atomic mass is 15.1. The zero-order valence-electron chi connectivity index (χ0n) is 29.3. The highest BCUT2D eigenvalue weighted by Gasteiger charge is 2.19. The first-order valence-electron chi connectivity index (χ1n) is 18.2. The lowest BCUT2D eigenvalue weighted by molar-refractivity contribution is 1.28. The Morgan fingerprint density at radius 3 is 1.40 bits per heavy atom. The maximum Gasteiger partial charge on any atom is 0.0540 e. The van der Waals surface area contributed by atoms with Gasteiger partial charge in [0.1, 0.15) is 0 Å². The molecule has 53 heavy (non-hydrogen) atoms. The van der Waals surface area contributed by atoms with E-state index >= 15 is 0 Å². The largest absolute Gasteiger partial charge is 0.310 e. The summed E-state index contributed by atoms with van der Waals surface area (Å²) in [5.74, 6) is 0. The first-order chi connectivity index (χ1) is 26.3. The van der Waals surface area contributed by atoms with Crippen molar-refractivity contribution in [1.29, 1.82) is 0 Å². The first kappa shape index (κ1) is 32.0. The summed E-state index contributed by atoms with van der Waals surface area (Å²) in [6.45, 7) is 0. The van der Waals surface area contributed by atoms with E-state index in [1.165, 1.54) is 66.4 Å². The third kappa shape index (κ3) is 6.53. The van der Waals surface area contributed by atoms with Gasteiger partial charge < -0.3 is 4.90 Å². The van der Waals surface area contributed by atoms with Crippen LogP contribution >= 0.6 is 0 Å². The molecule has 1 nitrogen and oxygen atoms in total. The predicted molar refractivity (Wildman–Crippen MR) is 226 cm³/mol. The SMILES string of the molecule is c1ccc(-c2ccc(-c3ccc(N(c4cccc(-c5ccc6ccccc6c5)c4)c4ccccc4-c4ccccc4-c4ccccc4)cc3)cc2)cc1. The van der Waals surface area contributed by atoms with E-state index in [1.54, 1.807) is 0 Å². The molecule has 0 aliphatic heterocycles. The van der Waals surface area contributed by atoms with E-state index in [1.807, 2.05) is 0 Å². The van der Waals surface area contributed by atoms with Crippen molar-refractivity contribution < 1.29 is 0 Å². The van der Waals surface area contributed by atoms with Gasteiger partial charge in [-0.3, -0.25) is 0 Å². The molecule has 0 saturated heterocycles. The molecule has 0 heterocycles. The molecule has 0 unspecified atom stereocenters. The zero-order chi connectivity index (χ0) is 35.4. The van der Waals surface area contributed by atoms with Crippen molar-refractivity contribution in [2.45, 2.75) is 0 Å². The van der Waals surface area contributed by atoms with Crippen molar-refractivity contribution in [3.63, 3.8) is 0 Å². The van der Waals surface area contributed by atoms with E-state index in [0.717, 1.165) is 17.1 Å². The lowest BCUT2D eigenvalue weighted by Crippen LogP contribution is -2.11. The molecule has 9 aromatic carbocycles. The molecule has 0 atom stereocenters. The van der Waals surface area contributed by atoms with Crippen LogP contribution in [-0.2, 0) is 0 Å². The number of para-hydroxylation sites is 1. The van der Waals surface area contributed by atoms with Crippen LogP contribution in [0.3, 0.4) is 0 Å². The summed E-state index contributed by atoms with van der Waals surface area (Å²) in [5, 5.41) is 2.48.